The molecule has 1 amide bonds. The highest BCUT2D eigenvalue weighted by molar-refractivity contribution is 5.78. The van der Waals surface area contributed by atoms with Gasteiger partial charge in [0.25, 0.3) is 5.91 Å². The van der Waals surface area contributed by atoms with Crippen molar-refractivity contribution in [1.29, 1.82) is 0 Å². The normalized spacial score (nSPS) is 24.8. The molecule has 1 aromatic heterocycles. The van der Waals surface area contributed by atoms with E-state index in [0.717, 1.165) is 37.4 Å². The van der Waals surface area contributed by atoms with Crippen LogP contribution >= 0.6 is 0 Å². The fraction of sp³-hybridized carbons (Fsp3) is 0.400. The number of nitrogens with zero attached hydrogens (tertiary/aromatic N) is 2. The number of hydrogen-bond acceptors (Lipinski definition) is 4. The number of carbonyl (C=O) groups excluding carboxylic acids is 1. The largest absolute Gasteiger partial charge is 0.488 e. The maximum atomic E-state index is 12.5. The molecular weight excluding hydrogens is 316 g/mol. The Morgan fingerprint density at radius 1 is 1.08 bits per heavy atom. The smallest absolute Gasteiger partial charge is 0.260 e. The van der Waals surface area contributed by atoms with Gasteiger partial charge in [0.1, 0.15) is 17.6 Å². The molecule has 0 bridgehead atoms. The molecular formula is C20H22N2O3. The molecule has 3 atom stereocenters. The number of rotatable bonds is 5. The van der Waals surface area contributed by atoms with Crippen LogP contribution in [0.3, 0.4) is 0 Å². The molecule has 1 aromatic carbocycles. The predicted octanol–water partition coefficient (Wildman–Crippen LogP) is 2.78. The molecule has 1 aliphatic heterocycles. The molecule has 130 valence electrons. The molecule has 0 N–H and O–H groups in total. The van der Waals surface area contributed by atoms with Crippen molar-refractivity contribution >= 4 is 5.91 Å². The number of pyridine rings is 1. The molecule has 1 aliphatic carbocycles. The van der Waals surface area contributed by atoms with E-state index in [1.54, 1.807) is 12.4 Å². The molecule has 2 aliphatic rings. The first-order valence-corrected chi connectivity index (χ1v) is 8.82. The Kier molecular flexibility index (Phi) is 4.55. The van der Waals surface area contributed by atoms with Gasteiger partial charge in [0, 0.05) is 25.2 Å². The minimum atomic E-state index is 0.0541. The first-order valence-electron chi connectivity index (χ1n) is 8.82. The van der Waals surface area contributed by atoms with E-state index in [0.29, 0.717) is 11.8 Å². The summed E-state index contributed by atoms with van der Waals surface area (Å²) >= 11 is 0. The second-order valence-electron chi connectivity index (χ2n) is 6.75. The van der Waals surface area contributed by atoms with Crippen molar-refractivity contribution in [2.24, 2.45) is 11.8 Å². The van der Waals surface area contributed by atoms with Crippen LogP contribution in [0, 0.1) is 11.8 Å². The number of amides is 1. The van der Waals surface area contributed by atoms with Gasteiger partial charge >= 0.3 is 0 Å². The van der Waals surface area contributed by atoms with Gasteiger partial charge in [-0.1, -0.05) is 18.2 Å². The number of ether oxygens (including phenoxy) is 2. The maximum absolute atomic E-state index is 12.5. The lowest BCUT2D eigenvalue weighted by molar-refractivity contribution is -0.132. The second kappa shape index (κ2) is 7.13. The molecule has 4 rings (SSSR count). The summed E-state index contributed by atoms with van der Waals surface area (Å²) in [5, 5.41) is 0. The summed E-state index contributed by atoms with van der Waals surface area (Å²) in [6.45, 7) is 1.67. The standard InChI is InChI=1S/C20H22N2O3/c23-20(14-24-16-5-2-1-3-6-16)22-12-15-8-9-19(18(15)13-22)25-17-7-4-10-21-11-17/h1-7,10-11,15,18-19H,8-9,12-14H2/t15-,18+,19-/m1/s1. The molecule has 5 heteroatoms. The Labute approximate surface area is 147 Å². The van der Waals surface area contributed by atoms with Crippen LogP contribution in [0.15, 0.2) is 54.9 Å². The van der Waals surface area contributed by atoms with E-state index in [4.69, 9.17) is 9.47 Å². The Bertz CT molecular complexity index is 707. The van der Waals surface area contributed by atoms with Gasteiger partial charge in [-0.05, 0) is 43.0 Å². The van der Waals surface area contributed by atoms with Crippen molar-refractivity contribution < 1.29 is 14.3 Å². The van der Waals surface area contributed by atoms with Crippen molar-refractivity contribution in [2.45, 2.75) is 18.9 Å². The zero-order chi connectivity index (χ0) is 17.1. The van der Waals surface area contributed by atoms with Gasteiger partial charge in [-0.15, -0.1) is 0 Å². The summed E-state index contributed by atoms with van der Waals surface area (Å²) in [5.41, 5.74) is 0. The van der Waals surface area contributed by atoms with Crippen LogP contribution in [-0.2, 0) is 4.79 Å². The second-order valence-corrected chi connectivity index (χ2v) is 6.75. The van der Waals surface area contributed by atoms with Crippen molar-refractivity contribution in [3.63, 3.8) is 0 Å². The number of aromatic nitrogens is 1. The third-order valence-corrected chi connectivity index (χ3v) is 5.17. The highest BCUT2D eigenvalue weighted by atomic mass is 16.5. The van der Waals surface area contributed by atoms with E-state index >= 15 is 0 Å². The third kappa shape index (κ3) is 3.60. The zero-order valence-corrected chi connectivity index (χ0v) is 14.1. The predicted molar refractivity (Wildman–Crippen MR) is 93.4 cm³/mol. The Hall–Kier alpha value is -2.56. The van der Waals surface area contributed by atoms with Crippen LogP contribution in [0.4, 0.5) is 0 Å². The van der Waals surface area contributed by atoms with E-state index in [-0.39, 0.29) is 18.6 Å². The molecule has 25 heavy (non-hydrogen) atoms. The van der Waals surface area contributed by atoms with Crippen molar-refractivity contribution in [3.05, 3.63) is 54.9 Å². The molecule has 2 heterocycles. The lowest BCUT2D eigenvalue weighted by Gasteiger charge is -2.22. The quantitative estimate of drug-likeness (QED) is 0.841. The lowest BCUT2D eigenvalue weighted by Crippen LogP contribution is -2.35. The summed E-state index contributed by atoms with van der Waals surface area (Å²) in [6, 6.07) is 13.3. The first-order chi connectivity index (χ1) is 12.3. The molecule has 2 fully saturated rings. The SMILES string of the molecule is O=C(COc1ccccc1)N1C[C@H]2CC[C@@H](Oc3cccnc3)[C@H]2C1. The van der Waals surface area contributed by atoms with Gasteiger partial charge < -0.3 is 14.4 Å². The summed E-state index contributed by atoms with van der Waals surface area (Å²) < 4.78 is 11.7. The fourth-order valence-electron chi connectivity index (χ4n) is 3.91. The molecule has 0 unspecified atom stereocenters. The van der Waals surface area contributed by atoms with Crippen LogP contribution in [0.25, 0.3) is 0 Å². The summed E-state index contributed by atoms with van der Waals surface area (Å²) in [6.07, 6.45) is 5.82. The third-order valence-electron chi connectivity index (χ3n) is 5.17. The maximum Gasteiger partial charge on any atom is 0.260 e. The molecule has 1 saturated heterocycles. The van der Waals surface area contributed by atoms with Crippen LogP contribution in [-0.4, -0.2) is 41.6 Å². The van der Waals surface area contributed by atoms with Crippen LogP contribution < -0.4 is 9.47 Å². The number of fused-ring (bicyclic) bond motifs is 1. The van der Waals surface area contributed by atoms with Gasteiger partial charge in [0.2, 0.25) is 0 Å². The fourth-order valence-corrected chi connectivity index (χ4v) is 3.91. The number of likely N-dealkylation sites (tertiary alicyclic amines) is 1. The van der Waals surface area contributed by atoms with E-state index in [1.807, 2.05) is 47.4 Å². The average molecular weight is 338 g/mol. The number of carbonyl (C=O) groups is 1. The Morgan fingerprint density at radius 3 is 2.72 bits per heavy atom. The minimum absolute atomic E-state index is 0.0541. The zero-order valence-electron chi connectivity index (χ0n) is 14.1. The van der Waals surface area contributed by atoms with Crippen molar-refractivity contribution in [2.75, 3.05) is 19.7 Å². The van der Waals surface area contributed by atoms with Gasteiger partial charge in [0.05, 0.1) is 6.20 Å². The van der Waals surface area contributed by atoms with E-state index in [9.17, 15) is 4.79 Å². The molecule has 0 spiro atoms. The molecule has 2 aromatic rings. The van der Waals surface area contributed by atoms with Gasteiger partial charge in [-0.2, -0.15) is 0 Å². The molecule has 5 nitrogen and oxygen atoms in total. The van der Waals surface area contributed by atoms with E-state index < -0.39 is 0 Å². The molecule has 0 radical (unpaired) electrons. The average Bonchev–Trinajstić information content (AvgIpc) is 3.24. The topological polar surface area (TPSA) is 51.7 Å². The monoisotopic (exact) mass is 338 g/mol. The summed E-state index contributed by atoms with van der Waals surface area (Å²) in [7, 11) is 0. The Balaban J connectivity index is 1.32. The number of benzene rings is 1. The molecule has 1 saturated carbocycles. The van der Waals surface area contributed by atoms with Crippen molar-refractivity contribution in [3.8, 4) is 11.5 Å². The van der Waals surface area contributed by atoms with Crippen LogP contribution in [0.5, 0.6) is 11.5 Å². The van der Waals surface area contributed by atoms with Gasteiger partial charge in [0.15, 0.2) is 6.61 Å². The van der Waals surface area contributed by atoms with Crippen LogP contribution in [0.1, 0.15) is 12.8 Å². The summed E-state index contributed by atoms with van der Waals surface area (Å²) in [5.74, 6) is 2.53. The number of para-hydroxylation sites is 1. The highest BCUT2D eigenvalue weighted by Crippen LogP contribution is 2.40. The minimum Gasteiger partial charge on any atom is -0.488 e. The summed E-state index contributed by atoms with van der Waals surface area (Å²) in [4.78, 5) is 18.5. The van der Waals surface area contributed by atoms with Crippen molar-refractivity contribution in [1.82, 2.24) is 9.88 Å². The van der Waals surface area contributed by atoms with E-state index in [2.05, 4.69) is 4.98 Å². The van der Waals surface area contributed by atoms with Gasteiger partial charge in [-0.25, -0.2) is 0 Å². The Morgan fingerprint density at radius 2 is 1.92 bits per heavy atom. The number of hydrogen-bond donors (Lipinski definition) is 0. The first kappa shape index (κ1) is 15.9. The van der Waals surface area contributed by atoms with Crippen LogP contribution in [0.2, 0.25) is 0 Å². The van der Waals surface area contributed by atoms with Gasteiger partial charge in [-0.3, -0.25) is 9.78 Å². The highest BCUT2D eigenvalue weighted by Gasteiger charge is 2.45. The van der Waals surface area contributed by atoms with E-state index in [1.165, 1.54) is 0 Å². The lowest BCUT2D eigenvalue weighted by atomic mass is 9.99.